The average molecular weight is 364 g/mol. The maximum atomic E-state index is 12.8. The number of hydrogen-bond donors (Lipinski definition) is 1. The van der Waals surface area contributed by atoms with Crippen LogP contribution in [-0.4, -0.2) is 21.1 Å². The quantitative estimate of drug-likeness (QED) is 0.616. The summed E-state index contributed by atoms with van der Waals surface area (Å²) in [4.78, 5) is 40.7. The van der Waals surface area contributed by atoms with E-state index < -0.39 is 6.04 Å². The molecule has 1 aromatic heterocycles. The second-order valence-corrected chi connectivity index (χ2v) is 6.38. The predicted octanol–water partition coefficient (Wildman–Crippen LogP) is 1.91. The number of anilines is 1. The van der Waals surface area contributed by atoms with Gasteiger partial charge in [-0.15, -0.1) is 0 Å². The lowest BCUT2D eigenvalue weighted by molar-refractivity contribution is -0.132. The molecular formula is C15H14BrN3O3. The molecule has 114 valence electrons. The topological polar surface area (TPSA) is 95.0 Å². The monoisotopic (exact) mass is 363 g/mol. The molecule has 1 aliphatic carbocycles. The van der Waals surface area contributed by atoms with Gasteiger partial charge in [0.1, 0.15) is 11.6 Å². The predicted molar refractivity (Wildman–Crippen MR) is 85.8 cm³/mol. The summed E-state index contributed by atoms with van der Waals surface area (Å²) in [7, 11) is 0. The van der Waals surface area contributed by atoms with Crippen molar-refractivity contribution < 1.29 is 9.59 Å². The van der Waals surface area contributed by atoms with E-state index in [1.807, 2.05) is 0 Å². The highest BCUT2D eigenvalue weighted by atomic mass is 79.9. The molecule has 0 aliphatic heterocycles. The Morgan fingerprint density at radius 2 is 2.05 bits per heavy atom. The number of Topliss-reactive ketones (excluding diaryl/α,β-unsaturated/α-hetero) is 2. The summed E-state index contributed by atoms with van der Waals surface area (Å²) < 4.78 is 2.11. The third kappa shape index (κ3) is 2.35. The van der Waals surface area contributed by atoms with Crippen LogP contribution in [0.5, 0.6) is 0 Å². The molecule has 1 heterocycles. The first-order valence-corrected chi connectivity index (χ1v) is 7.70. The lowest BCUT2D eigenvalue weighted by Crippen LogP contribution is -2.36. The number of fused-ring (bicyclic) bond motifs is 1. The molecular weight excluding hydrogens is 350 g/mol. The SMILES string of the molecule is Cc1nc2cc(Br)cc(N)c2c(=O)n1[C@H]1CCC(=O)CC1=O. The fourth-order valence-corrected chi connectivity index (χ4v) is 3.39. The van der Waals surface area contributed by atoms with E-state index in [9.17, 15) is 14.4 Å². The summed E-state index contributed by atoms with van der Waals surface area (Å²) in [6, 6.07) is 2.72. The zero-order chi connectivity index (χ0) is 16.0. The van der Waals surface area contributed by atoms with Crippen molar-refractivity contribution in [3.05, 3.63) is 32.8 Å². The van der Waals surface area contributed by atoms with Crippen molar-refractivity contribution in [3.63, 3.8) is 0 Å². The molecule has 1 fully saturated rings. The highest BCUT2D eigenvalue weighted by Crippen LogP contribution is 2.26. The first-order chi connectivity index (χ1) is 10.4. The van der Waals surface area contributed by atoms with Crippen LogP contribution in [0.4, 0.5) is 5.69 Å². The van der Waals surface area contributed by atoms with Crippen LogP contribution in [0.15, 0.2) is 21.4 Å². The van der Waals surface area contributed by atoms with Crippen LogP contribution in [0.1, 0.15) is 31.1 Å². The fraction of sp³-hybridized carbons (Fsp3) is 0.333. The van der Waals surface area contributed by atoms with E-state index in [0.29, 0.717) is 35.3 Å². The molecule has 7 heteroatoms. The van der Waals surface area contributed by atoms with Gasteiger partial charge >= 0.3 is 0 Å². The van der Waals surface area contributed by atoms with Gasteiger partial charge in [0.05, 0.1) is 23.4 Å². The molecule has 0 bridgehead atoms. The van der Waals surface area contributed by atoms with E-state index in [4.69, 9.17) is 5.73 Å². The molecule has 0 radical (unpaired) electrons. The van der Waals surface area contributed by atoms with Crippen molar-refractivity contribution in [2.45, 2.75) is 32.2 Å². The highest BCUT2D eigenvalue weighted by Gasteiger charge is 2.30. The summed E-state index contributed by atoms with van der Waals surface area (Å²) in [6.07, 6.45) is 0.516. The molecule has 0 saturated heterocycles. The first kappa shape index (κ1) is 14.9. The largest absolute Gasteiger partial charge is 0.398 e. The van der Waals surface area contributed by atoms with Crippen LogP contribution in [0.25, 0.3) is 10.9 Å². The maximum Gasteiger partial charge on any atom is 0.264 e. The summed E-state index contributed by atoms with van der Waals surface area (Å²) in [5.41, 5.74) is 6.41. The molecule has 1 aliphatic rings. The minimum absolute atomic E-state index is 0.0795. The normalized spacial score (nSPS) is 18.9. The van der Waals surface area contributed by atoms with Crippen molar-refractivity contribution >= 4 is 44.1 Å². The maximum absolute atomic E-state index is 12.8. The summed E-state index contributed by atoms with van der Waals surface area (Å²) in [5.74, 6) is 0.130. The Hall–Kier alpha value is -2.02. The van der Waals surface area contributed by atoms with E-state index in [0.717, 1.165) is 4.47 Å². The summed E-state index contributed by atoms with van der Waals surface area (Å²) >= 11 is 3.32. The van der Waals surface area contributed by atoms with Crippen LogP contribution < -0.4 is 11.3 Å². The number of nitrogens with two attached hydrogens (primary N) is 1. The highest BCUT2D eigenvalue weighted by molar-refractivity contribution is 9.10. The average Bonchev–Trinajstić information content (AvgIpc) is 2.39. The van der Waals surface area contributed by atoms with Gasteiger partial charge in [0.15, 0.2) is 5.78 Å². The second-order valence-electron chi connectivity index (χ2n) is 5.46. The number of aromatic nitrogens is 2. The lowest BCUT2D eigenvalue weighted by Gasteiger charge is -2.24. The van der Waals surface area contributed by atoms with Crippen LogP contribution in [0, 0.1) is 6.92 Å². The van der Waals surface area contributed by atoms with Gasteiger partial charge in [-0.1, -0.05) is 15.9 Å². The molecule has 1 atom stereocenters. The third-order valence-electron chi connectivity index (χ3n) is 3.93. The van der Waals surface area contributed by atoms with E-state index in [1.165, 1.54) is 4.57 Å². The Labute approximate surface area is 134 Å². The number of carbonyl (C=O) groups excluding carboxylic acids is 2. The molecule has 1 saturated carbocycles. The van der Waals surface area contributed by atoms with E-state index in [2.05, 4.69) is 20.9 Å². The van der Waals surface area contributed by atoms with Gasteiger partial charge < -0.3 is 5.73 Å². The smallest absolute Gasteiger partial charge is 0.264 e. The number of ketones is 2. The van der Waals surface area contributed by atoms with Gasteiger partial charge in [0.2, 0.25) is 0 Å². The zero-order valence-corrected chi connectivity index (χ0v) is 13.5. The Morgan fingerprint density at radius 3 is 2.73 bits per heavy atom. The van der Waals surface area contributed by atoms with Crippen molar-refractivity contribution in [1.82, 2.24) is 9.55 Å². The zero-order valence-electron chi connectivity index (χ0n) is 11.9. The van der Waals surface area contributed by atoms with E-state index in [-0.39, 0.29) is 23.5 Å². The van der Waals surface area contributed by atoms with Crippen LogP contribution in [0.3, 0.4) is 0 Å². The Kier molecular flexibility index (Phi) is 3.60. The van der Waals surface area contributed by atoms with Crippen LogP contribution in [0.2, 0.25) is 0 Å². The van der Waals surface area contributed by atoms with Crippen molar-refractivity contribution in [1.29, 1.82) is 0 Å². The lowest BCUT2D eigenvalue weighted by atomic mass is 9.92. The van der Waals surface area contributed by atoms with Crippen LogP contribution in [-0.2, 0) is 9.59 Å². The number of nitrogen functional groups attached to an aromatic ring is 1. The molecule has 2 aromatic rings. The molecule has 22 heavy (non-hydrogen) atoms. The second kappa shape index (κ2) is 5.31. The minimum Gasteiger partial charge on any atom is -0.398 e. The number of rotatable bonds is 1. The standard InChI is InChI=1S/C15H14BrN3O3/c1-7-18-11-5-8(16)4-10(17)14(11)15(22)19(7)12-3-2-9(20)6-13(12)21/h4-5,12H,2-3,6,17H2,1H3/t12-/m0/s1. The van der Waals surface area contributed by atoms with Crippen LogP contribution >= 0.6 is 15.9 Å². The number of halogens is 1. The molecule has 3 rings (SSSR count). The Bertz CT molecular complexity index is 872. The van der Waals surface area contributed by atoms with Crippen molar-refractivity contribution in [3.8, 4) is 0 Å². The number of carbonyl (C=O) groups is 2. The summed E-state index contributed by atoms with van der Waals surface area (Å²) in [6.45, 7) is 1.68. The number of nitrogens with zero attached hydrogens (tertiary/aromatic N) is 2. The van der Waals surface area contributed by atoms with Gasteiger partial charge in [-0.2, -0.15) is 0 Å². The van der Waals surface area contributed by atoms with Gasteiger partial charge in [0, 0.05) is 16.6 Å². The molecule has 1 aromatic carbocycles. The molecule has 2 N–H and O–H groups in total. The molecule has 0 unspecified atom stereocenters. The number of hydrogen-bond acceptors (Lipinski definition) is 5. The fourth-order valence-electron chi connectivity index (χ4n) is 2.93. The van der Waals surface area contributed by atoms with Gasteiger partial charge in [-0.05, 0) is 25.5 Å². The van der Waals surface area contributed by atoms with Crippen molar-refractivity contribution in [2.75, 3.05) is 5.73 Å². The first-order valence-electron chi connectivity index (χ1n) is 6.90. The third-order valence-corrected chi connectivity index (χ3v) is 4.39. The Balaban J connectivity index is 2.25. The van der Waals surface area contributed by atoms with Gasteiger partial charge in [0.25, 0.3) is 5.56 Å². The molecule has 6 nitrogen and oxygen atoms in total. The molecule has 0 amide bonds. The van der Waals surface area contributed by atoms with Crippen molar-refractivity contribution in [2.24, 2.45) is 0 Å². The number of aryl methyl sites for hydroxylation is 1. The van der Waals surface area contributed by atoms with Gasteiger partial charge in [-0.25, -0.2) is 4.98 Å². The van der Waals surface area contributed by atoms with Gasteiger partial charge in [-0.3, -0.25) is 19.0 Å². The Morgan fingerprint density at radius 1 is 1.32 bits per heavy atom. The van der Waals surface area contributed by atoms with E-state index >= 15 is 0 Å². The minimum atomic E-state index is -0.634. The summed E-state index contributed by atoms with van der Waals surface area (Å²) in [5, 5.41) is 0.304. The van der Waals surface area contributed by atoms with E-state index in [1.54, 1.807) is 19.1 Å². The molecule has 0 spiro atoms. The number of benzene rings is 1.